The quantitative estimate of drug-likeness (QED) is 0.405. The van der Waals surface area contributed by atoms with Gasteiger partial charge in [-0.25, -0.2) is 0 Å². The molecule has 1 radical (unpaired) electrons. The molecule has 0 saturated heterocycles. The zero-order valence-electron chi connectivity index (χ0n) is 6.19. The van der Waals surface area contributed by atoms with E-state index in [1.807, 2.05) is 13.0 Å². The molecule has 10 heavy (non-hydrogen) atoms. The fourth-order valence-corrected chi connectivity index (χ4v) is 0.565. The second-order valence-corrected chi connectivity index (χ2v) is 2.41. The monoisotopic (exact) mass is 131 g/mol. The Morgan fingerprint density at radius 3 is 2.40 bits per heavy atom. The Hall–Kier alpha value is 0.0774. The van der Waals surface area contributed by atoms with E-state index in [2.05, 4.69) is 20.1 Å². The van der Waals surface area contributed by atoms with Crippen molar-refractivity contribution in [2.75, 3.05) is 0 Å². The van der Waals surface area contributed by atoms with Gasteiger partial charge in [-0.3, -0.25) is 0 Å². The van der Waals surface area contributed by atoms with Crippen molar-refractivity contribution in [1.82, 2.24) is 0 Å². The topological polar surface area (TPSA) is 0 Å². The summed E-state index contributed by atoms with van der Waals surface area (Å²) >= 11 is 0. The first-order chi connectivity index (χ1) is 4.18. The molecular weight excluding hydrogens is 115 g/mol. The van der Waals surface area contributed by atoms with Crippen molar-refractivity contribution in [2.24, 2.45) is 5.92 Å². The van der Waals surface area contributed by atoms with Gasteiger partial charge in [0.25, 0.3) is 0 Å². The summed E-state index contributed by atoms with van der Waals surface area (Å²) in [4.78, 5) is 0. The minimum absolute atomic E-state index is 0. The summed E-state index contributed by atoms with van der Waals surface area (Å²) in [5.74, 6) is 0.406. The Labute approximate surface area is 76.6 Å². The van der Waals surface area contributed by atoms with Gasteiger partial charge in [0.2, 0.25) is 0 Å². The number of rotatable bonds is 4. The molecule has 53 valence electrons. The van der Waals surface area contributed by atoms with Crippen molar-refractivity contribution >= 4 is 18.9 Å². The molecule has 0 rings (SSSR count). The molecule has 0 N–H and O–H groups in total. The van der Waals surface area contributed by atoms with E-state index in [0.717, 1.165) is 18.4 Å². The van der Waals surface area contributed by atoms with Crippen LogP contribution in [0, 0.1) is 12.8 Å². The summed E-state index contributed by atoms with van der Waals surface area (Å²) in [5.41, 5.74) is 1.16. The predicted octanol–water partition coefficient (Wildman–Crippen LogP) is 2.33. The first kappa shape index (κ1) is 12.7. The van der Waals surface area contributed by atoms with E-state index < -0.39 is 0 Å². The second-order valence-electron chi connectivity index (χ2n) is 2.41. The summed E-state index contributed by atoms with van der Waals surface area (Å²) in [6, 6.07) is 0. The van der Waals surface area contributed by atoms with E-state index >= 15 is 0 Å². The van der Waals surface area contributed by atoms with Crippen LogP contribution in [-0.4, -0.2) is 18.9 Å². The van der Waals surface area contributed by atoms with Gasteiger partial charge in [-0.2, -0.15) is 0 Å². The van der Waals surface area contributed by atoms with Crippen LogP contribution in [0.25, 0.3) is 0 Å². The van der Waals surface area contributed by atoms with Crippen molar-refractivity contribution in [2.45, 2.75) is 19.8 Å². The van der Waals surface area contributed by atoms with E-state index in [1.54, 1.807) is 0 Å². The normalized spacial score (nSPS) is 11.4. The van der Waals surface area contributed by atoms with Gasteiger partial charge >= 0.3 is 18.9 Å². The van der Waals surface area contributed by atoms with Crippen LogP contribution in [0.2, 0.25) is 0 Å². The second kappa shape index (κ2) is 7.19. The van der Waals surface area contributed by atoms with E-state index in [-0.39, 0.29) is 18.9 Å². The molecule has 0 fully saturated rings. The van der Waals surface area contributed by atoms with Gasteiger partial charge in [0.05, 0.1) is 0 Å². The molecule has 0 nitrogen and oxygen atoms in total. The Kier molecular flexibility index (Phi) is 9.15. The Morgan fingerprint density at radius 1 is 1.60 bits per heavy atom. The number of hydrogen-bond donors (Lipinski definition) is 0. The van der Waals surface area contributed by atoms with Crippen molar-refractivity contribution in [3.8, 4) is 0 Å². The van der Waals surface area contributed by atoms with Crippen LogP contribution in [0.1, 0.15) is 19.8 Å². The van der Waals surface area contributed by atoms with Crippen LogP contribution in [-0.2, 0) is 0 Å². The van der Waals surface area contributed by atoms with E-state index in [1.165, 1.54) is 0 Å². The molecule has 0 aromatic heterocycles. The van der Waals surface area contributed by atoms with Crippen LogP contribution < -0.4 is 0 Å². The van der Waals surface area contributed by atoms with E-state index in [4.69, 9.17) is 0 Å². The summed E-state index contributed by atoms with van der Waals surface area (Å²) in [6.07, 6.45) is 4.04. The fourth-order valence-electron chi connectivity index (χ4n) is 0.565. The fraction of sp³-hybridized carbons (Fsp3) is 0.444. The molecule has 0 saturated carbocycles. The number of allylic oxidation sites excluding steroid dienone is 2. The first-order valence-corrected chi connectivity index (χ1v) is 3.28. The maximum absolute atomic E-state index is 3.93. The van der Waals surface area contributed by atoms with Crippen LogP contribution in [0.4, 0.5) is 0 Å². The molecule has 0 aromatic carbocycles. The standard InChI is InChI=1S/C9H15.Li.H/c1-5-6-7-9(4)8(2)3;;/h5,9H,1-2,4,6-7H2,3H3;;. The molecule has 1 unspecified atom stereocenters. The van der Waals surface area contributed by atoms with E-state index in [0.29, 0.717) is 5.92 Å². The van der Waals surface area contributed by atoms with Crippen LogP contribution in [0.15, 0.2) is 24.8 Å². The van der Waals surface area contributed by atoms with Crippen LogP contribution >= 0.6 is 0 Å². The van der Waals surface area contributed by atoms with Gasteiger partial charge in [-0.1, -0.05) is 18.2 Å². The van der Waals surface area contributed by atoms with Gasteiger partial charge in [0, 0.05) is 0 Å². The van der Waals surface area contributed by atoms with Gasteiger partial charge in [-0.05, 0) is 32.6 Å². The molecule has 0 bridgehead atoms. The van der Waals surface area contributed by atoms with Gasteiger partial charge in [-0.15, -0.1) is 6.58 Å². The molecule has 1 atom stereocenters. The molecule has 0 heterocycles. The zero-order valence-corrected chi connectivity index (χ0v) is 6.19. The minimum atomic E-state index is 0. The third-order valence-electron chi connectivity index (χ3n) is 1.42. The molecule has 0 aromatic rings. The summed E-state index contributed by atoms with van der Waals surface area (Å²) in [5, 5.41) is 0. The molecule has 0 aliphatic rings. The Bertz CT molecular complexity index is 105. The van der Waals surface area contributed by atoms with Gasteiger partial charge in [0.1, 0.15) is 0 Å². The van der Waals surface area contributed by atoms with Crippen molar-refractivity contribution in [3.63, 3.8) is 0 Å². The van der Waals surface area contributed by atoms with Gasteiger partial charge in [0.15, 0.2) is 0 Å². The Morgan fingerprint density at radius 2 is 2.10 bits per heavy atom. The number of hydrogen-bond acceptors (Lipinski definition) is 0. The van der Waals surface area contributed by atoms with Crippen LogP contribution in [0.3, 0.4) is 0 Å². The molecule has 0 spiro atoms. The molecular formula is C9H16Li. The SMILES string of the molecule is [CH2]C(CCC=C)C(=C)C.[LiH]. The molecule has 0 aliphatic heterocycles. The third-order valence-corrected chi connectivity index (χ3v) is 1.42. The van der Waals surface area contributed by atoms with Crippen molar-refractivity contribution < 1.29 is 0 Å². The molecule has 0 aliphatic carbocycles. The predicted molar refractivity (Wildman–Crippen MR) is 50.2 cm³/mol. The summed E-state index contributed by atoms with van der Waals surface area (Å²) in [7, 11) is 0. The first-order valence-electron chi connectivity index (χ1n) is 3.28. The summed E-state index contributed by atoms with van der Waals surface area (Å²) in [6.45, 7) is 13.4. The van der Waals surface area contributed by atoms with Crippen molar-refractivity contribution in [3.05, 3.63) is 31.7 Å². The third kappa shape index (κ3) is 6.20. The zero-order chi connectivity index (χ0) is 7.28. The molecule has 1 heteroatoms. The molecule has 0 amide bonds. The maximum atomic E-state index is 3.93. The Balaban J connectivity index is 0. The van der Waals surface area contributed by atoms with Crippen LogP contribution in [0.5, 0.6) is 0 Å². The average Bonchev–Trinajstić information content (AvgIpc) is 1.82. The van der Waals surface area contributed by atoms with E-state index in [9.17, 15) is 0 Å². The van der Waals surface area contributed by atoms with Crippen molar-refractivity contribution in [1.29, 1.82) is 0 Å². The summed E-state index contributed by atoms with van der Waals surface area (Å²) < 4.78 is 0. The average molecular weight is 131 g/mol. The van der Waals surface area contributed by atoms with Gasteiger partial charge < -0.3 is 0 Å².